The van der Waals surface area contributed by atoms with Crippen LogP contribution in [0.4, 0.5) is 10.5 Å². The molecule has 0 radical (unpaired) electrons. The summed E-state index contributed by atoms with van der Waals surface area (Å²) in [5.41, 5.74) is 1.80. The number of benzene rings is 1. The number of hydrogen-bond acceptors (Lipinski definition) is 2. The number of rotatable bonds is 6. The van der Waals surface area contributed by atoms with Gasteiger partial charge in [-0.2, -0.15) is 0 Å². The van der Waals surface area contributed by atoms with Gasteiger partial charge in [0.2, 0.25) is 0 Å². The minimum atomic E-state index is -0.159. The van der Waals surface area contributed by atoms with Gasteiger partial charge in [0.1, 0.15) is 5.75 Å². The number of carbonyl (C=O) groups excluding carboxylic acids is 1. The number of hydrogen-bond donors (Lipinski definition) is 2. The fourth-order valence-electron chi connectivity index (χ4n) is 1.67. The summed E-state index contributed by atoms with van der Waals surface area (Å²) in [5, 5.41) is 5.70. The lowest BCUT2D eigenvalue weighted by Crippen LogP contribution is -2.30. The molecule has 0 aromatic heterocycles. The predicted octanol–water partition coefficient (Wildman–Crippen LogP) is 3.56. The van der Waals surface area contributed by atoms with Crippen LogP contribution in [0, 0.1) is 12.8 Å². The minimum Gasteiger partial charge on any atom is -0.494 e. The van der Waals surface area contributed by atoms with Gasteiger partial charge in [0, 0.05) is 12.2 Å². The highest BCUT2D eigenvalue weighted by molar-refractivity contribution is 5.90. The second-order valence-corrected chi connectivity index (χ2v) is 4.97. The molecule has 0 saturated heterocycles. The molecule has 4 nitrogen and oxygen atoms in total. The molecule has 2 N–H and O–H groups in total. The van der Waals surface area contributed by atoms with Crippen molar-refractivity contribution in [3.05, 3.63) is 23.8 Å². The normalized spacial score (nSPS) is 10.4. The molecule has 1 aromatic carbocycles. The molecule has 4 heteroatoms. The third kappa shape index (κ3) is 5.64. The Morgan fingerprint density at radius 2 is 2.11 bits per heavy atom. The van der Waals surface area contributed by atoms with Gasteiger partial charge < -0.3 is 15.4 Å². The second kappa shape index (κ2) is 7.67. The molecule has 19 heavy (non-hydrogen) atoms. The molecule has 0 aliphatic heterocycles. The molecule has 106 valence electrons. The van der Waals surface area contributed by atoms with Crippen LogP contribution in [0.25, 0.3) is 0 Å². The van der Waals surface area contributed by atoms with Crippen molar-refractivity contribution in [1.82, 2.24) is 5.32 Å². The Hall–Kier alpha value is -1.71. The first-order chi connectivity index (χ1) is 9.02. The molecule has 1 aromatic rings. The zero-order chi connectivity index (χ0) is 14.3. The lowest BCUT2D eigenvalue weighted by molar-refractivity contribution is 0.251. The first-order valence-corrected chi connectivity index (χ1v) is 6.81. The molecule has 0 heterocycles. The van der Waals surface area contributed by atoms with Crippen LogP contribution in [-0.4, -0.2) is 19.2 Å². The average Bonchev–Trinajstić information content (AvgIpc) is 2.32. The Morgan fingerprint density at radius 3 is 2.68 bits per heavy atom. The lowest BCUT2D eigenvalue weighted by Gasteiger charge is -2.12. The second-order valence-electron chi connectivity index (χ2n) is 4.97. The Labute approximate surface area is 115 Å². The molecule has 0 unspecified atom stereocenters. The molecule has 0 atom stereocenters. The van der Waals surface area contributed by atoms with Crippen LogP contribution in [0.1, 0.15) is 32.8 Å². The van der Waals surface area contributed by atoms with E-state index in [1.165, 1.54) is 0 Å². The summed E-state index contributed by atoms with van der Waals surface area (Å²) in [5.74, 6) is 1.42. The highest BCUT2D eigenvalue weighted by Crippen LogP contribution is 2.21. The van der Waals surface area contributed by atoms with E-state index in [9.17, 15) is 4.79 Å². The number of carbonyl (C=O) groups is 1. The number of nitrogens with one attached hydrogen (secondary N) is 2. The third-order valence-corrected chi connectivity index (χ3v) is 2.76. The van der Waals surface area contributed by atoms with E-state index < -0.39 is 0 Å². The maximum Gasteiger partial charge on any atom is 0.319 e. The van der Waals surface area contributed by atoms with Crippen molar-refractivity contribution in [2.45, 2.75) is 34.1 Å². The molecule has 1 rings (SSSR count). The topological polar surface area (TPSA) is 50.4 Å². The van der Waals surface area contributed by atoms with Crippen LogP contribution in [0.3, 0.4) is 0 Å². The van der Waals surface area contributed by atoms with Gasteiger partial charge in [-0.3, -0.25) is 0 Å². The maximum atomic E-state index is 11.7. The van der Waals surface area contributed by atoms with E-state index >= 15 is 0 Å². The van der Waals surface area contributed by atoms with Gasteiger partial charge in [0.25, 0.3) is 0 Å². The van der Waals surface area contributed by atoms with E-state index in [0.717, 1.165) is 23.4 Å². The van der Waals surface area contributed by atoms with Crippen LogP contribution in [0.5, 0.6) is 5.75 Å². The summed E-state index contributed by atoms with van der Waals surface area (Å²) in [6, 6.07) is 5.49. The highest BCUT2D eigenvalue weighted by atomic mass is 16.5. The van der Waals surface area contributed by atoms with Crippen molar-refractivity contribution >= 4 is 11.7 Å². The number of ether oxygens (including phenoxy) is 1. The van der Waals surface area contributed by atoms with Gasteiger partial charge in [-0.05, 0) is 49.9 Å². The fraction of sp³-hybridized carbons (Fsp3) is 0.533. The van der Waals surface area contributed by atoms with Crippen molar-refractivity contribution in [2.24, 2.45) is 5.92 Å². The molecule has 0 spiro atoms. The quantitative estimate of drug-likeness (QED) is 0.825. The summed E-state index contributed by atoms with van der Waals surface area (Å²) < 4.78 is 5.41. The molecule has 0 saturated carbocycles. The molecule has 0 fully saturated rings. The Bertz CT molecular complexity index is 417. The van der Waals surface area contributed by atoms with Gasteiger partial charge >= 0.3 is 6.03 Å². The van der Waals surface area contributed by atoms with E-state index in [1.54, 1.807) is 0 Å². The largest absolute Gasteiger partial charge is 0.494 e. The first kappa shape index (κ1) is 15.3. The van der Waals surface area contributed by atoms with Crippen LogP contribution < -0.4 is 15.4 Å². The van der Waals surface area contributed by atoms with E-state index in [-0.39, 0.29) is 6.03 Å². The Morgan fingerprint density at radius 1 is 1.37 bits per heavy atom. The van der Waals surface area contributed by atoms with Crippen molar-refractivity contribution in [3.8, 4) is 5.75 Å². The molecular formula is C15H24N2O2. The van der Waals surface area contributed by atoms with Gasteiger partial charge in [-0.15, -0.1) is 0 Å². The monoisotopic (exact) mass is 264 g/mol. The number of urea groups is 1. The van der Waals surface area contributed by atoms with Gasteiger partial charge in [0.15, 0.2) is 0 Å². The Kier molecular flexibility index (Phi) is 6.19. The third-order valence-electron chi connectivity index (χ3n) is 2.76. The van der Waals surface area contributed by atoms with Crippen LogP contribution in [0.2, 0.25) is 0 Å². The molecular weight excluding hydrogens is 240 g/mol. The summed E-state index contributed by atoms with van der Waals surface area (Å²) in [6.07, 6.45) is 0.982. The average molecular weight is 264 g/mol. The van der Waals surface area contributed by atoms with Crippen LogP contribution in [-0.2, 0) is 0 Å². The lowest BCUT2D eigenvalue weighted by atomic mass is 10.1. The van der Waals surface area contributed by atoms with Gasteiger partial charge in [-0.1, -0.05) is 13.8 Å². The summed E-state index contributed by atoms with van der Waals surface area (Å²) in [6.45, 7) is 9.50. The van der Waals surface area contributed by atoms with Gasteiger partial charge in [-0.25, -0.2) is 4.79 Å². The zero-order valence-electron chi connectivity index (χ0n) is 12.2. The number of amides is 2. The van der Waals surface area contributed by atoms with Crippen LogP contribution >= 0.6 is 0 Å². The molecule has 0 aliphatic rings. The van der Waals surface area contributed by atoms with Crippen molar-refractivity contribution in [2.75, 3.05) is 18.5 Å². The van der Waals surface area contributed by atoms with E-state index in [2.05, 4.69) is 24.5 Å². The zero-order valence-corrected chi connectivity index (χ0v) is 12.2. The minimum absolute atomic E-state index is 0.159. The van der Waals surface area contributed by atoms with Crippen LogP contribution in [0.15, 0.2) is 18.2 Å². The molecule has 2 amide bonds. The van der Waals surface area contributed by atoms with Crippen molar-refractivity contribution < 1.29 is 9.53 Å². The summed E-state index contributed by atoms with van der Waals surface area (Å²) >= 11 is 0. The fourth-order valence-corrected chi connectivity index (χ4v) is 1.67. The predicted molar refractivity (Wildman–Crippen MR) is 78.8 cm³/mol. The Balaban J connectivity index is 2.50. The van der Waals surface area contributed by atoms with E-state index in [0.29, 0.717) is 19.1 Å². The van der Waals surface area contributed by atoms with Gasteiger partial charge in [0.05, 0.1) is 6.61 Å². The standard InChI is InChI=1S/C15H24N2O2/c1-5-19-13-6-7-14(12(4)10-13)17-15(18)16-9-8-11(2)3/h6-7,10-11H,5,8-9H2,1-4H3,(H2,16,17,18). The maximum absolute atomic E-state index is 11.7. The first-order valence-electron chi connectivity index (χ1n) is 6.81. The smallest absolute Gasteiger partial charge is 0.319 e. The van der Waals surface area contributed by atoms with E-state index in [1.807, 2.05) is 32.0 Å². The van der Waals surface area contributed by atoms with Crippen molar-refractivity contribution in [1.29, 1.82) is 0 Å². The number of aryl methyl sites for hydroxylation is 1. The summed E-state index contributed by atoms with van der Waals surface area (Å²) in [7, 11) is 0. The molecule has 0 bridgehead atoms. The molecule has 0 aliphatic carbocycles. The highest BCUT2D eigenvalue weighted by Gasteiger charge is 2.05. The summed E-state index contributed by atoms with van der Waals surface area (Å²) in [4.78, 5) is 11.7. The SMILES string of the molecule is CCOc1ccc(NC(=O)NCCC(C)C)c(C)c1. The number of anilines is 1. The van der Waals surface area contributed by atoms with E-state index in [4.69, 9.17) is 4.74 Å². The van der Waals surface area contributed by atoms with Crippen molar-refractivity contribution in [3.63, 3.8) is 0 Å².